The summed E-state index contributed by atoms with van der Waals surface area (Å²) in [7, 11) is 0. The third-order valence-electron chi connectivity index (χ3n) is 5.82. The number of nitrogens with one attached hydrogen (secondary N) is 2. The number of nitrogens with zero attached hydrogens (tertiary/aromatic N) is 4. The molecular formula is C26H32N6O3. The second-order valence-electron chi connectivity index (χ2n) is 8.67. The Hall–Kier alpha value is -3.88. The standard InChI is InChI=1S/C26H32N6O3/c1-19-17-20(2)32(30-19)15-13-27-25(33)18-31-14-6-3-7-16-35-23-11-5-4-9-21(23)28-24-12-8-10-22(29-24)26(31)34/h4-5,8-12,17H,3,6-7,13-16,18H2,1-2H3,(H,27,33)(H,28,29). The van der Waals surface area contributed by atoms with Crippen LogP contribution in [0.2, 0.25) is 0 Å². The largest absolute Gasteiger partial charge is 0.491 e. The van der Waals surface area contributed by atoms with Crippen molar-refractivity contribution in [3.05, 3.63) is 65.6 Å². The molecule has 0 radical (unpaired) electrons. The van der Waals surface area contributed by atoms with Crippen LogP contribution in [0, 0.1) is 13.8 Å². The molecule has 1 aliphatic heterocycles. The summed E-state index contributed by atoms with van der Waals surface area (Å²) in [5, 5.41) is 10.6. The smallest absolute Gasteiger partial charge is 0.273 e. The van der Waals surface area contributed by atoms with Crippen molar-refractivity contribution in [2.75, 3.05) is 31.6 Å². The molecule has 0 saturated heterocycles. The number of aryl methyl sites for hydroxylation is 2. The number of benzene rings is 1. The van der Waals surface area contributed by atoms with Crippen molar-refractivity contribution in [2.24, 2.45) is 0 Å². The summed E-state index contributed by atoms with van der Waals surface area (Å²) in [5.41, 5.74) is 3.08. The number of amides is 2. The number of fused-ring (bicyclic) bond motifs is 3. The first kappa shape index (κ1) is 24.3. The molecule has 184 valence electrons. The topological polar surface area (TPSA) is 101 Å². The normalized spacial score (nSPS) is 14.3. The molecule has 9 heteroatoms. The van der Waals surface area contributed by atoms with Crippen molar-refractivity contribution in [3.8, 4) is 5.75 Å². The van der Waals surface area contributed by atoms with Crippen molar-refractivity contribution in [3.63, 3.8) is 0 Å². The summed E-state index contributed by atoms with van der Waals surface area (Å²) in [5.74, 6) is 0.830. The monoisotopic (exact) mass is 476 g/mol. The molecule has 1 aromatic carbocycles. The fraction of sp³-hybridized carbons (Fsp3) is 0.385. The quantitative estimate of drug-likeness (QED) is 0.585. The summed E-state index contributed by atoms with van der Waals surface area (Å²) in [6, 6.07) is 14.9. The Labute approximate surface area is 205 Å². The Morgan fingerprint density at radius 2 is 1.97 bits per heavy atom. The molecule has 2 N–H and O–H groups in total. The minimum Gasteiger partial charge on any atom is -0.491 e. The third kappa shape index (κ3) is 6.59. The number of rotatable bonds is 5. The van der Waals surface area contributed by atoms with E-state index >= 15 is 0 Å². The molecule has 0 spiro atoms. The maximum Gasteiger partial charge on any atom is 0.273 e. The van der Waals surface area contributed by atoms with Crippen LogP contribution in [0.4, 0.5) is 11.5 Å². The molecule has 9 nitrogen and oxygen atoms in total. The van der Waals surface area contributed by atoms with E-state index in [2.05, 4.69) is 20.7 Å². The Balaban J connectivity index is 1.44. The molecule has 2 aromatic heterocycles. The molecule has 3 heterocycles. The first-order chi connectivity index (χ1) is 17.0. The number of carbonyl (C=O) groups excluding carboxylic acids is 2. The Morgan fingerprint density at radius 3 is 2.80 bits per heavy atom. The molecule has 0 saturated carbocycles. The number of hydrogen-bond donors (Lipinski definition) is 2. The van der Waals surface area contributed by atoms with E-state index in [1.807, 2.05) is 48.9 Å². The first-order valence-electron chi connectivity index (χ1n) is 12.0. The number of para-hydroxylation sites is 2. The Morgan fingerprint density at radius 1 is 1.11 bits per heavy atom. The van der Waals surface area contributed by atoms with Crippen molar-refractivity contribution in [1.29, 1.82) is 0 Å². The molecule has 0 unspecified atom stereocenters. The van der Waals surface area contributed by atoms with Crippen LogP contribution < -0.4 is 15.4 Å². The highest BCUT2D eigenvalue weighted by Crippen LogP contribution is 2.27. The van der Waals surface area contributed by atoms with E-state index in [0.717, 1.165) is 42.1 Å². The lowest BCUT2D eigenvalue weighted by Crippen LogP contribution is -2.42. The van der Waals surface area contributed by atoms with Gasteiger partial charge in [0.2, 0.25) is 5.91 Å². The van der Waals surface area contributed by atoms with E-state index in [-0.39, 0.29) is 18.4 Å². The van der Waals surface area contributed by atoms with Crippen molar-refractivity contribution < 1.29 is 14.3 Å². The van der Waals surface area contributed by atoms with Crippen molar-refractivity contribution in [2.45, 2.75) is 39.7 Å². The summed E-state index contributed by atoms with van der Waals surface area (Å²) < 4.78 is 7.83. The second kappa shape index (κ2) is 11.5. The highest BCUT2D eigenvalue weighted by Gasteiger charge is 2.20. The van der Waals surface area contributed by atoms with Crippen LogP contribution in [0.15, 0.2) is 48.5 Å². The maximum atomic E-state index is 13.3. The van der Waals surface area contributed by atoms with Crippen LogP contribution in [0.1, 0.15) is 41.1 Å². The van der Waals surface area contributed by atoms with Gasteiger partial charge in [-0.1, -0.05) is 18.2 Å². The summed E-state index contributed by atoms with van der Waals surface area (Å²) in [6.45, 7) is 5.98. The van der Waals surface area contributed by atoms with Crippen LogP contribution in [0.5, 0.6) is 5.75 Å². The van der Waals surface area contributed by atoms with Crippen LogP contribution in [0.25, 0.3) is 0 Å². The number of carbonyl (C=O) groups is 2. The molecule has 2 bridgehead atoms. The highest BCUT2D eigenvalue weighted by molar-refractivity contribution is 5.95. The molecule has 4 rings (SSSR count). The number of anilines is 2. The van der Waals surface area contributed by atoms with Crippen molar-refractivity contribution in [1.82, 2.24) is 25.0 Å². The van der Waals surface area contributed by atoms with Crippen LogP contribution in [0.3, 0.4) is 0 Å². The third-order valence-corrected chi connectivity index (χ3v) is 5.82. The van der Waals surface area contributed by atoms with E-state index in [4.69, 9.17) is 4.74 Å². The lowest BCUT2D eigenvalue weighted by atomic mass is 10.2. The van der Waals surface area contributed by atoms with E-state index in [0.29, 0.717) is 37.8 Å². The van der Waals surface area contributed by atoms with Gasteiger partial charge >= 0.3 is 0 Å². The number of aromatic nitrogens is 3. The molecular weight excluding hydrogens is 444 g/mol. The van der Waals surface area contributed by atoms with Gasteiger partial charge in [0.25, 0.3) is 5.91 Å². The Bertz CT molecular complexity index is 1180. The second-order valence-corrected chi connectivity index (χ2v) is 8.67. The van der Waals surface area contributed by atoms with E-state index in [1.165, 1.54) is 0 Å². The zero-order chi connectivity index (χ0) is 24.6. The van der Waals surface area contributed by atoms with E-state index in [1.54, 1.807) is 23.1 Å². The summed E-state index contributed by atoms with van der Waals surface area (Å²) >= 11 is 0. The van der Waals surface area contributed by atoms with Gasteiger partial charge in [0.1, 0.15) is 17.3 Å². The van der Waals surface area contributed by atoms with Gasteiger partial charge in [-0.2, -0.15) is 5.10 Å². The van der Waals surface area contributed by atoms with Gasteiger partial charge in [0.15, 0.2) is 0 Å². The van der Waals surface area contributed by atoms with Crippen LogP contribution >= 0.6 is 0 Å². The number of pyridine rings is 1. The van der Waals surface area contributed by atoms with Crippen molar-refractivity contribution >= 4 is 23.3 Å². The van der Waals surface area contributed by atoms with E-state index in [9.17, 15) is 9.59 Å². The zero-order valence-corrected chi connectivity index (χ0v) is 20.3. The van der Waals surface area contributed by atoms with Gasteiger partial charge in [-0.15, -0.1) is 0 Å². The average Bonchev–Trinajstić information content (AvgIpc) is 3.17. The fourth-order valence-electron chi connectivity index (χ4n) is 4.07. The first-order valence-corrected chi connectivity index (χ1v) is 12.0. The molecule has 35 heavy (non-hydrogen) atoms. The van der Waals surface area contributed by atoms with Crippen LogP contribution in [-0.2, 0) is 11.3 Å². The fourth-order valence-corrected chi connectivity index (χ4v) is 4.07. The van der Waals surface area contributed by atoms with Gasteiger partial charge in [-0.05, 0) is 63.4 Å². The lowest BCUT2D eigenvalue weighted by molar-refractivity contribution is -0.121. The SMILES string of the molecule is Cc1cc(C)n(CCNC(=O)CN2CCCCCOc3ccccc3Nc3cccc(n3)C2=O)n1. The van der Waals surface area contributed by atoms with Gasteiger partial charge in [0.05, 0.1) is 31.1 Å². The highest BCUT2D eigenvalue weighted by atomic mass is 16.5. The molecule has 0 atom stereocenters. The van der Waals surface area contributed by atoms with Gasteiger partial charge in [-0.3, -0.25) is 14.3 Å². The predicted molar refractivity (Wildman–Crippen MR) is 134 cm³/mol. The predicted octanol–water partition coefficient (Wildman–Crippen LogP) is 3.46. The molecule has 2 amide bonds. The van der Waals surface area contributed by atoms with Crippen LogP contribution in [-0.4, -0.2) is 57.7 Å². The summed E-state index contributed by atoms with van der Waals surface area (Å²) in [6.07, 6.45) is 2.51. The maximum absolute atomic E-state index is 13.3. The minimum absolute atomic E-state index is 0.0192. The van der Waals surface area contributed by atoms with Gasteiger partial charge in [0, 0.05) is 18.8 Å². The summed E-state index contributed by atoms with van der Waals surface area (Å²) in [4.78, 5) is 32.1. The van der Waals surface area contributed by atoms with Gasteiger partial charge in [-0.25, -0.2) is 4.98 Å². The van der Waals surface area contributed by atoms with E-state index < -0.39 is 0 Å². The molecule has 0 aliphatic carbocycles. The van der Waals surface area contributed by atoms with Gasteiger partial charge < -0.3 is 20.3 Å². The molecule has 1 aliphatic rings. The Kier molecular flexibility index (Phi) is 7.97. The lowest BCUT2D eigenvalue weighted by Gasteiger charge is -2.23. The average molecular weight is 477 g/mol. The minimum atomic E-state index is -0.260. The number of hydrogen-bond acceptors (Lipinski definition) is 6. The number of ether oxygens (including phenoxy) is 1. The molecule has 0 fully saturated rings. The molecule has 3 aromatic rings. The zero-order valence-electron chi connectivity index (χ0n) is 20.3.